The molecule has 0 saturated carbocycles. The van der Waals surface area contributed by atoms with Gasteiger partial charge >= 0.3 is 0 Å². The Labute approximate surface area is 85.7 Å². The van der Waals surface area contributed by atoms with Gasteiger partial charge in [0.15, 0.2) is 0 Å². The van der Waals surface area contributed by atoms with Crippen LogP contribution in [0.15, 0.2) is 16.1 Å². The quantitative estimate of drug-likeness (QED) is 0.825. The minimum atomic E-state index is 0.429. The summed E-state index contributed by atoms with van der Waals surface area (Å²) in [6, 6.07) is 0. The standard InChI is InChI=1S/C9H11N3OS/c1-5(2)9-12-7(4-14-9)8-6(10)3-11-13-8/h3-5H,10H2,1-2H3. The van der Waals surface area contributed by atoms with Crippen molar-refractivity contribution >= 4 is 17.0 Å². The second-order valence-electron chi connectivity index (χ2n) is 3.34. The van der Waals surface area contributed by atoms with Crippen LogP contribution in [0.25, 0.3) is 11.5 Å². The molecular formula is C9H11N3OS. The second-order valence-corrected chi connectivity index (χ2v) is 4.23. The molecule has 0 aliphatic rings. The Morgan fingerprint density at radius 2 is 2.29 bits per heavy atom. The van der Waals surface area contributed by atoms with Crippen molar-refractivity contribution in [3.63, 3.8) is 0 Å². The molecular weight excluding hydrogens is 198 g/mol. The van der Waals surface area contributed by atoms with Gasteiger partial charge in [0.05, 0.1) is 11.2 Å². The van der Waals surface area contributed by atoms with E-state index in [1.165, 1.54) is 6.20 Å². The van der Waals surface area contributed by atoms with Gasteiger partial charge in [-0.25, -0.2) is 4.98 Å². The highest BCUT2D eigenvalue weighted by Crippen LogP contribution is 2.29. The molecule has 74 valence electrons. The van der Waals surface area contributed by atoms with E-state index in [1.807, 2.05) is 5.38 Å². The van der Waals surface area contributed by atoms with Crippen molar-refractivity contribution in [3.8, 4) is 11.5 Å². The molecule has 0 unspecified atom stereocenters. The molecule has 14 heavy (non-hydrogen) atoms. The van der Waals surface area contributed by atoms with Crippen LogP contribution in [0.3, 0.4) is 0 Å². The summed E-state index contributed by atoms with van der Waals surface area (Å²) < 4.78 is 5.01. The fraction of sp³-hybridized carbons (Fsp3) is 0.333. The predicted octanol–water partition coefficient (Wildman–Crippen LogP) is 2.50. The molecule has 4 nitrogen and oxygen atoms in total. The summed E-state index contributed by atoms with van der Waals surface area (Å²) in [4.78, 5) is 4.42. The predicted molar refractivity (Wildman–Crippen MR) is 56.1 cm³/mol. The van der Waals surface area contributed by atoms with E-state index in [-0.39, 0.29) is 0 Å². The summed E-state index contributed by atoms with van der Waals surface area (Å²) in [6.07, 6.45) is 1.49. The van der Waals surface area contributed by atoms with Gasteiger partial charge in [0.25, 0.3) is 0 Å². The van der Waals surface area contributed by atoms with Gasteiger partial charge in [-0.1, -0.05) is 19.0 Å². The molecule has 0 radical (unpaired) electrons. The van der Waals surface area contributed by atoms with Crippen LogP contribution in [-0.2, 0) is 0 Å². The van der Waals surface area contributed by atoms with E-state index >= 15 is 0 Å². The van der Waals surface area contributed by atoms with Crippen molar-refractivity contribution in [1.29, 1.82) is 0 Å². The van der Waals surface area contributed by atoms with Gasteiger partial charge in [0, 0.05) is 11.3 Å². The van der Waals surface area contributed by atoms with Gasteiger partial charge in [-0.3, -0.25) is 0 Å². The maximum Gasteiger partial charge on any atom is 0.208 e. The highest BCUT2D eigenvalue weighted by molar-refractivity contribution is 7.10. The summed E-state index contributed by atoms with van der Waals surface area (Å²) in [6.45, 7) is 4.21. The fourth-order valence-electron chi connectivity index (χ4n) is 1.10. The minimum absolute atomic E-state index is 0.429. The molecule has 0 aliphatic carbocycles. The Balaban J connectivity index is 2.39. The Morgan fingerprint density at radius 3 is 2.79 bits per heavy atom. The van der Waals surface area contributed by atoms with Crippen LogP contribution >= 0.6 is 11.3 Å². The zero-order valence-electron chi connectivity index (χ0n) is 8.02. The number of aromatic nitrogens is 2. The molecule has 0 atom stereocenters. The molecule has 0 aliphatic heterocycles. The van der Waals surface area contributed by atoms with Crippen LogP contribution in [-0.4, -0.2) is 10.1 Å². The van der Waals surface area contributed by atoms with Crippen molar-refractivity contribution in [1.82, 2.24) is 10.1 Å². The number of hydrogen-bond acceptors (Lipinski definition) is 5. The number of rotatable bonds is 2. The van der Waals surface area contributed by atoms with Gasteiger partial charge < -0.3 is 10.3 Å². The van der Waals surface area contributed by atoms with E-state index in [0.717, 1.165) is 10.7 Å². The van der Waals surface area contributed by atoms with Crippen LogP contribution < -0.4 is 5.73 Å². The molecule has 0 saturated heterocycles. The monoisotopic (exact) mass is 209 g/mol. The van der Waals surface area contributed by atoms with Crippen LogP contribution in [0.1, 0.15) is 24.8 Å². The molecule has 2 aromatic rings. The Kier molecular flexibility index (Phi) is 2.25. The third-order valence-electron chi connectivity index (χ3n) is 1.85. The summed E-state index contributed by atoms with van der Waals surface area (Å²) in [5, 5.41) is 6.63. The number of nitrogens with zero attached hydrogens (tertiary/aromatic N) is 2. The lowest BCUT2D eigenvalue weighted by molar-refractivity contribution is 0.431. The fourth-order valence-corrected chi connectivity index (χ4v) is 1.91. The first-order valence-corrected chi connectivity index (χ1v) is 5.22. The van der Waals surface area contributed by atoms with Crippen LogP contribution in [0.4, 0.5) is 5.69 Å². The Hall–Kier alpha value is -1.36. The van der Waals surface area contributed by atoms with Crippen LogP contribution in [0.2, 0.25) is 0 Å². The highest BCUT2D eigenvalue weighted by Gasteiger charge is 2.13. The van der Waals surface area contributed by atoms with Crippen molar-refractivity contribution < 1.29 is 4.52 Å². The SMILES string of the molecule is CC(C)c1nc(-c2oncc2N)cs1. The van der Waals surface area contributed by atoms with Crippen LogP contribution in [0, 0.1) is 0 Å². The lowest BCUT2D eigenvalue weighted by Crippen LogP contribution is -1.87. The van der Waals surface area contributed by atoms with Crippen molar-refractivity contribution in [2.24, 2.45) is 0 Å². The van der Waals surface area contributed by atoms with Crippen molar-refractivity contribution in [2.45, 2.75) is 19.8 Å². The Bertz CT molecular complexity index is 433. The van der Waals surface area contributed by atoms with E-state index < -0.39 is 0 Å². The maximum atomic E-state index is 5.67. The number of nitrogen functional groups attached to an aromatic ring is 1. The highest BCUT2D eigenvalue weighted by atomic mass is 32.1. The Morgan fingerprint density at radius 1 is 1.50 bits per heavy atom. The number of hydrogen-bond donors (Lipinski definition) is 1. The molecule has 0 aromatic carbocycles. The normalized spacial score (nSPS) is 11.1. The maximum absolute atomic E-state index is 5.67. The molecule has 5 heteroatoms. The van der Waals surface area contributed by atoms with Gasteiger partial charge in [-0.15, -0.1) is 11.3 Å². The van der Waals surface area contributed by atoms with Gasteiger partial charge in [0.2, 0.25) is 5.76 Å². The molecule has 2 heterocycles. The zero-order chi connectivity index (χ0) is 10.1. The third-order valence-corrected chi connectivity index (χ3v) is 2.99. The van der Waals surface area contributed by atoms with Crippen molar-refractivity contribution in [3.05, 3.63) is 16.6 Å². The summed E-state index contributed by atoms with van der Waals surface area (Å²) in [5.41, 5.74) is 6.97. The lowest BCUT2D eigenvalue weighted by Gasteiger charge is -1.95. The minimum Gasteiger partial charge on any atom is -0.394 e. The first kappa shape index (κ1) is 9.21. The largest absolute Gasteiger partial charge is 0.394 e. The molecule has 2 N–H and O–H groups in total. The molecule has 0 amide bonds. The molecule has 2 aromatic heterocycles. The molecule has 0 fully saturated rings. The van der Waals surface area contributed by atoms with Crippen LogP contribution in [0.5, 0.6) is 0 Å². The average Bonchev–Trinajstić information content (AvgIpc) is 2.71. The van der Waals surface area contributed by atoms with Gasteiger partial charge in [0.1, 0.15) is 11.4 Å². The van der Waals surface area contributed by atoms with Gasteiger partial charge in [-0.2, -0.15) is 0 Å². The van der Waals surface area contributed by atoms with E-state index in [9.17, 15) is 0 Å². The lowest BCUT2D eigenvalue weighted by atomic mass is 10.2. The van der Waals surface area contributed by atoms with E-state index in [0.29, 0.717) is 17.4 Å². The second kappa shape index (κ2) is 3.42. The van der Waals surface area contributed by atoms with Gasteiger partial charge in [-0.05, 0) is 0 Å². The smallest absolute Gasteiger partial charge is 0.208 e. The van der Waals surface area contributed by atoms with E-state index in [1.54, 1.807) is 11.3 Å². The molecule has 2 rings (SSSR count). The first-order chi connectivity index (χ1) is 6.68. The van der Waals surface area contributed by atoms with Crippen molar-refractivity contribution in [2.75, 3.05) is 5.73 Å². The third kappa shape index (κ3) is 1.50. The first-order valence-electron chi connectivity index (χ1n) is 4.34. The molecule has 0 spiro atoms. The average molecular weight is 209 g/mol. The summed E-state index contributed by atoms with van der Waals surface area (Å²) in [5.74, 6) is 0.992. The number of thiazole rings is 1. The summed E-state index contributed by atoms with van der Waals surface area (Å²) in [7, 11) is 0. The summed E-state index contributed by atoms with van der Waals surface area (Å²) >= 11 is 1.61. The topological polar surface area (TPSA) is 64.9 Å². The number of anilines is 1. The number of nitrogens with two attached hydrogens (primary N) is 1. The molecule has 0 bridgehead atoms. The zero-order valence-corrected chi connectivity index (χ0v) is 8.84. The van der Waals surface area contributed by atoms with E-state index in [2.05, 4.69) is 24.0 Å². The van der Waals surface area contributed by atoms with E-state index in [4.69, 9.17) is 10.3 Å².